The van der Waals surface area contributed by atoms with Gasteiger partial charge in [0.25, 0.3) is 0 Å². The SMILES string of the molecule is CC(C)NC(=O)OCc1cn2c3ccccc3c3ccccc3c2c1COC(=O)NC(C)C. The van der Waals surface area contributed by atoms with Crippen molar-refractivity contribution < 1.29 is 19.1 Å². The van der Waals surface area contributed by atoms with Crippen LogP contribution >= 0.6 is 0 Å². The van der Waals surface area contributed by atoms with Crippen LogP contribution in [0.2, 0.25) is 0 Å². The Kier molecular flexibility index (Phi) is 6.40. The Morgan fingerprint density at radius 2 is 1.33 bits per heavy atom. The van der Waals surface area contributed by atoms with E-state index in [4.69, 9.17) is 9.47 Å². The average Bonchev–Trinajstić information content (AvgIpc) is 3.14. The molecule has 0 saturated carbocycles. The van der Waals surface area contributed by atoms with Crippen molar-refractivity contribution in [3.63, 3.8) is 0 Å². The molecule has 33 heavy (non-hydrogen) atoms. The average molecular weight is 448 g/mol. The molecule has 0 aliphatic rings. The second kappa shape index (κ2) is 9.40. The van der Waals surface area contributed by atoms with Crippen molar-refractivity contribution in [1.82, 2.24) is 15.0 Å². The molecule has 0 fully saturated rings. The molecule has 0 aliphatic heterocycles. The van der Waals surface area contributed by atoms with Crippen molar-refractivity contribution >= 4 is 39.4 Å². The molecular formula is C26H29N3O4. The normalized spacial score (nSPS) is 11.5. The van der Waals surface area contributed by atoms with E-state index in [1.807, 2.05) is 58.2 Å². The third-order valence-electron chi connectivity index (χ3n) is 5.35. The lowest BCUT2D eigenvalue weighted by Gasteiger charge is -2.13. The van der Waals surface area contributed by atoms with E-state index in [9.17, 15) is 9.59 Å². The smallest absolute Gasteiger partial charge is 0.407 e. The minimum Gasteiger partial charge on any atom is -0.445 e. The molecule has 4 rings (SSSR count). The third kappa shape index (κ3) is 4.72. The fourth-order valence-corrected chi connectivity index (χ4v) is 4.04. The highest BCUT2D eigenvalue weighted by Gasteiger charge is 2.19. The van der Waals surface area contributed by atoms with Crippen molar-refractivity contribution in [1.29, 1.82) is 0 Å². The zero-order valence-electron chi connectivity index (χ0n) is 19.3. The Morgan fingerprint density at radius 1 is 0.788 bits per heavy atom. The van der Waals surface area contributed by atoms with Gasteiger partial charge in [0.05, 0.1) is 11.0 Å². The fourth-order valence-electron chi connectivity index (χ4n) is 4.04. The van der Waals surface area contributed by atoms with Gasteiger partial charge in [0.1, 0.15) is 13.2 Å². The summed E-state index contributed by atoms with van der Waals surface area (Å²) in [5, 5.41) is 8.75. The number of hydrogen-bond donors (Lipinski definition) is 2. The molecule has 2 amide bonds. The lowest BCUT2D eigenvalue weighted by molar-refractivity contribution is 0.130. The lowest BCUT2D eigenvalue weighted by Crippen LogP contribution is -2.31. The minimum absolute atomic E-state index is 0.0268. The van der Waals surface area contributed by atoms with Crippen molar-refractivity contribution in [2.24, 2.45) is 0 Å². The van der Waals surface area contributed by atoms with E-state index in [1.165, 1.54) is 0 Å². The Bertz CT molecular complexity index is 1320. The summed E-state index contributed by atoms with van der Waals surface area (Å²) < 4.78 is 13.1. The van der Waals surface area contributed by atoms with Gasteiger partial charge in [-0.15, -0.1) is 0 Å². The van der Waals surface area contributed by atoms with E-state index in [2.05, 4.69) is 39.3 Å². The Balaban J connectivity index is 1.84. The number of rotatable bonds is 6. The molecule has 0 radical (unpaired) electrons. The van der Waals surface area contributed by atoms with Crippen molar-refractivity contribution in [2.45, 2.75) is 53.0 Å². The molecule has 172 valence electrons. The van der Waals surface area contributed by atoms with E-state index in [1.54, 1.807) is 0 Å². The molecule has 0 bridgehead atoms. The Hall–Kier alpha value is -3.74. The fraction of sp³-hybridized carbons (Fsp3) is 0.308. The van der Waals surface area contributed by atoms with Crippen LogP contribution in [-0.2, 0) is 22.7 Å². The maximum absolute atomic E-state index is 12.2. The molecule has 2 N–H and O–H groups in total. The van der Waals surface area contributed by atoms with Gasteiger partial charge in [-0.3, -0.25) is 0 Å². The summed E-state index contributed by atoms with van der Waals surface area (Å²) in [5.74, 6) is 0. The predicted octanol–water partition coefficient (Wildman–Crippen LogP) is 5.51. The standard InChI is InChI=1S/C26H29N3O4/c1-16(2)27-25(30)32-14-18-13-29-23-12-8-7-10-20(23)19-9-5-6-11-21(19)24(29)22(18)15-33-26(31)28-17(3)4/h5-13,16-17H,14-15H2,1-4H3,(H,27,30)(H,28,31). The highest BCUT2D eigenvalue weighted by atomic mass is 16.6. The Labute approximate surface area is 192 Å². The number of nitrogens with one attached hydrogen (secondary N) is 2. The first kappa shape index (κ1) is 22.5. The highest BCUT2D eigenvalue weighted by molar-refractivity contribution is 6.13. The van der Waals surface area contributed by atoms with Crippen LogP contribution < -0.4 is 10.6 Å². The van der Waals surface area contributed by atoms with Gasteiger partial charge in [0, 0.05) is 40.2 Å². The van der Waals surface area contributed by atoms with Crippen molar-refractivity contribution in [3.8, 4) is 0 Å². The van der Waals surface area contributed by atoms with Gasteiger partial charge in [-0.2, -0.15) is 0 Å². The van der Waals surface area contributed by atoms with Crippen LogP contribution in [-0.4, -0.2) is 28.7 Å². The first-order valence-electron chi connectivity index (χ1n) is 11.1. The zero-order chi connectivity index (χ0) is 23.5. The van der Waals surface area contributed by atoms with Gasteiger partial charge < -0.3 is 24.5 Å². The van der Waals surface area contributed by atoms with E-state index < -0.39 is 12.2 Å². The number of benzene rings is 2. The quantitative estimate of drug-likeness (QED) is 0.382. The van der Waals surface area contributed by atoms with Crippen LogP contribution in [0, 0.1) is 0 Å². The minimum atomic E-state index is -0.487. The van der Waals surface area contributed by atoms with E-state index >= 15 is 0 Å². The van der Waals surface area contributed by atoms with Gasteiger partial charge >= 0.3 is 12.2 Å². The van der Waals surface area contributed by atoms with Crippen LogP contribution in [0.3, 0.4) is 0 Å². The lowest BCUT2D eigenvalue weighted by atomic mass is 10.0. The first-order chi connectivity index (χ1) is 15.8. The second-order valence-electron chi connectivity index (χ2n) is 8.66. The monoisotopic (exact) mass is 447 g/mol. The van der Waals surface area contributed by atoms with Crippen molar-refractivity contribution in [2.75, 3.05) is 0 Å². The molecule has 2 aromatic heterocycles. The summed E-state index contributed by atoms with van der Waals surface area (Å²) in [5.41, 5.74) is 3.56. The molecule has 0 aliphatic carbocycles. The number of alkyl carbamates (subject to hydrolysis) is 2. The van der Waals surface area contributed by atoms with Crippen LogP contribution in [0.15, 0.2) is 54.7 Å². The molecule has 0 saturated heterocycles. The second-order valence-corrected chi connectivity index (χ2v) is 8.66. The van der Waals surface area contributed by atoms with Gasteiger partial charge in [-0.25, -0.2) is 9.59 Å². The van der Waals surface area contributed by atoms with Crippen LogP contribution in [0.1, 0.15) is 38.8 Å². The predicted molar refractivity (Wildman–Crippen MR) is 129 cm³/mol. The van der Waals surface area contributed by atoms with Crippen LogP contribution in [0.25, 0.3) is 27.2 Å². The van der Waals surface area contributed by atoms with E-state index in [-0.39, 0.29) is 25.3 Å². The zero-order valence-corrected chi connectivity index (χ0v) is 19.3. The molecule has 7 nitrogen and oxygen atoms in total. The van der Waals surface area contributed by atoms with Gasteiger partial charge in [0.15, 0.2) is 0 Å². The van der Waals surface area contributed by atoms with Crippen molar-refractivity contribution in [3.05, 3.63) is 65.9 Å². The molecule has 2 aromatic carbocycles. The summed E-state index contributed by atoms with van der Waals surface area (Å²) in [6.07, 6.45) is 0.990. The molecule has 0 unspecified atom stereocenters. The molecule has 0 spiro atoms. The third-order valence-corrected chi connectivity index (χ3v) is 5.35. The number of hydrogen-bond acceptors (Lipinski definition) is 4. The molecular weight excluding hydrogens is 418 g/mol. The van der Waals surface area contributed by atoms with Gasteiger partial charge in [-0.1, -0.05) is 42.5 Å². The number of carbonyl (C=O) groups excluding carboxylic acids is 2. The number of aromatic nitrogens is 1. The van der Waals surface area contributed by atoms with Crippen LogP contribution in [0.4, 0.5) is 9.59 Å². The van der Waals surface area contributed by atoms with Gasteiger partial charge in [-0.05, 0) is 39.1 Å². The highest BCUT2D eigenvalue weighted by Crippen LogP contribution is 2.34. The number of para-hydroxylation sites is 1. The topological polar surface area (TPSA) is 81.1 Å². The maximum Gasteiger partial charge on any atom is 0.407 e. The summed E-state index contributed by atoms with van der Waals surface area (Å²) in [6, 6.07) is 16.3. The molecule has 4 aromatic rings. The number of pyridine rings is 1. The largest absolute Gasteiger partial charge is 0.445 e. The first-order valence-corrected chi connectivity index (χ1v) is 11.1. The molecule has 2 heterocycles. The summed E-state index contributed by atoms with van der Waals surface area (Å²) in [4.78, 5) is 24.4. The van der Waals surface area contributed by atoms with Crippen LogP contribution in [0.5, 0.6) is 0 Å². The van der Waals surface area contributed by atoms with Gasteiger partial charge in [0.2, 0.25) is 0 Å². The molecule has 0 atom stereocenters. The van der Waals surface area contributed by atoms with E-state index in [0.717, 1.165) is 38.3 Å². The number of fused-ring (bicyclic) bond motifs is 6. The summed E-state index contributed by atoms with van der Waals surface area (Å²) >= 11 is 0. The number of carbonyl (C=O) groups is 2. The van der Waals surface area contributed by atoms with E-state index in [0.29, 0.717) is 0 Å². The number of ether oxygens (including phenoxy) is 2. The maximum atomic E-state index is 12.2. The molecule has 7 heteroatoms. The summed E-state index contributed by atoms with van der Waals surface area (Å²) in [7, 11) is 0. The number of amides is 2. The number of nitrogens with zero attached hydrogens (tertiary/aromatic N) is 1. The summed E-state index contributed by atoms with van der Waals surface area (Å²) in [6.45, 7) is 7.62. The Morgan fingerprint density at radius 3 is 1.97 bits per heavy atom.